The van der Waals surface area contributed by atoms with Crippen LogP contribution in [0.15, 0.2) is 29.3 Å². The van der Waals surface area contributed by atoms with Crippen LogP contribution in [0.3, 0.4) is 0 Å². The van der Waals surface area contributed by atoms with Crippen molar-refractivity contribution in [2.75, 3.05) is 67.3 Å². The Balaban J connectivity index is 1.63. The predicted octanol–water partition coefficient (Wildman–Crippen LogP) is 1.74. The van der Waals surface area contributed by atoms with Crippen molar-refractivity contribution in [1.82, 2.24) is 15.5 Å². The summed E-state index contributed by atoms with van der Waals surface area (Å²) < 4.78 is 17.0. The molecule has 1 unspecified atom stereocenters. The van der Waals surface area contributed by atoms with Gasteiger partial charge in [-0.2, -0.15) is 0 Å². The van der Waals surface area contributed by atoms with Crippen molar-refractivity contribution in [2.45, 2.75) is 19.4 Å². The Hall–Kier alpha value is -1.83. The Morgan fingerprint density at radius 1 is 1.25 bits per heavy atom. The first kappa shape index (κ1) is 22.5. The van der Waals surface area contributed by atoms with Gasteiger partial charge in [0.1, 0.15) is 12.4 Å². The van der Waals surface area contributed by atoms with Crippen molar-refractivity contribution in [2.24, 2.45) is 10.9 Å². The smallest absolute Gasteiger partial charge is 0.191 e. The molecule has 0 radical (unpaired) electrons. The highest BCUT2D eigenvalue weighted by Gasteiger charge is 2.15. The first-order valence-electron chi connectivity index (χ1n) is 10.1. The maximum absolute atomic E-state index is 5.91. The van der Waals surface area contributed by atoms with Crippen LogP contribution in [0.25, 0.3) is 0 Å². The molecule has 1 aromatic carbocycles. The normalized spacial score (nSPS) is 17.1. The zero-order valence-corrected chi connectivity index (χ0v) is 17.6. The summed E-state index contributed by atoms with van der Waals surface area (Å²) in [6.45, 7) is 6.32. The van der Waals surface area contributed by atoms with Crippen LogP contribution in [0.4, 0.5) is 0 Å². The van der Waals surface area contributed by atoms with E-state index >= 15 is 0 Å². The molecule has 7 heteroatoms. The molecule has 1 atom stereocenters. The number of aliphatic imine (C=N–C) groups is 1. The molecule has 0 aliphatic carbocycles. The third kappa shape index (κ3) is 8.91. The lowest BCUT2D eigenvalue weighted by molar-refractivity contribution is 0.0888. The zero-order valence-electron chi connectivity index (χ0n) is 17.6. The van der Waals surface area contributed by atoms with Gasteiger partial charge in [-0.15, -0.1) is 0 Å². The van der Waals surface area contributed by atoms with Gasteiger partial charge >= 0.3 is 0 Å². The van der Waals surface area contributed by atoms with E-state index in [0.29, 0.717) is 19.1 Å². The Labute approximate surface area is 169 Å². The fraction of sp³-hybridized carbons (Fsp3) is 0.667. The van der Waals surface area contributed by atoms with Gasteiger partial charge in [0, 0.05) is 51.4 Å². The molecule has 1 aliphatic rings. The number of ether oxygens (including phenoxy) is 3. The highest BCUT2D eigenvalue weighted by molar-refractivity contribution is 5.79. The molecular formula is C21H36N4O3. The molecule has 2 rings (SSSR count). The van der Waals surface area contributed by atoms with E-state index in [2.05, 4.69) is 26.6 Å². The number of benzene rings is 1. The molecule has 0 bridgehead atoms. The summed E-state index contributed by atoms with van der Waals surface area (Å²) in [5.41, 5.74) is 1.12. The van der Waals surface area contributed by atoms with Crippen molar-refractivity contribution in [1.29, 1.82) is 0 Å². The van der Waals surface area contributed by atoms with E-state index in [0.717, 1.165) is 69.6 Å². The minimum Gasteiger partial charge on any atom is -0.492 e. The third-order valence-corrected chi connectivity index (χ3v) is 4.57. The molecule has 2 N–H and O–H groups in total. The highest BCUT2D eigenvalue weighted by Crippen LogP contribution is 2.17. The Bertz CT molecular complexity index is 575. The number of likely N-dealkylation sites (N-methyl/N-ethyl adjacent to an activating group) is 1. The van der Waals surface area contributed by atoms with Crippen molar-refractivity contribution >= 4 is 5.96 Å². The van der Waals surface area contributed by atoms with Gasteiger partial charge in [0.2, 0.25) is 0 Å². The highest BCUT2D eigenvalue weighted by atomic mass is 16.5. The maximum Gasteiger partial charge on any atom is 0.191 e. The number of nitrogens with zero attached hydrogens (tertiary/aromatic N) is 2. The number of rotatable bonds is 12. The SMILES string of the molecule is CN=C(NCCCOCC1CCOC1)NCc1ccccc1OCCN(C)C. The molecule has 0 amide bonds. The van der Waals surface area contributed by atoms with E-state index in [1.807, 2.05) is 32.3 Å². The molecule has 158 valence electrons. The summed E-state index contributed by atoms with van der Waals surface area (Å²) in [6.07, 6.45) is 2.06. The lowest BCUT2D eigenvalue weighted by Gasteiger charge is -2.16. The average Bonchev–Trinajstić information content (AvgIpc) is 3.21. The second-order valence-corrected chi connectivity index (χ2v) is 7.27. The molecule has 1 saturated heterocycles. The number of guanidine groups is 1. The molecule has 1 aliphatic heterocycles. The Kier molecular flexibility index (Phi) is 10.7. The van der Waals surface area contributed by atoms with Gasteiger partial charge in [0.05, 0.1) is 13.2 Å². The molecule has 0 aromatic heterocycles. The molecule has 7 nitrogen and oxygen atoms in total. The van der Waals surface area contributed by atoms with Crippen molar-refractivity contribution in [3.8, 4) is 5.75 Å². The van der Waals surface area contributed by atoms with Crippen LogP contribution in [-0.2, 0) is 16.0 Å². The van der Waals surface area contributed by atoms with Crippen molar-refractivity contribution in [3.05, 3.63) is 29.8 Å². The summed E-state index contributed by atoms with van der Waals surface area (Å²) in [4.78, 5) is 6.40. The maximum atomic E-state index is 5.91. The van der Waals surface area contributed by atoms with Gasteiger partial charge < -0.3 is 29.7 Å². The second-order valence-electron chi connectivity index (χ2n) is 7.27. The van der Waals surface area contributed by atoms with E-state index in [1.165, 1.54) is 0 Å². The first-order valence-corrected chi connectivity index (χ1v) is 10.1. The minimum absolute atomic E-state index is 0.572. The second kappa shape index (κ2) is 13.4. The number of hydrogen-bond donors (Lipinski definition) is 2. The fourth-order valence-electron chi connectivity index (χ4n) is 2.87. The molecular weight excluding hydrogens is 356 g/mol. The predicted molar refractivity (Wildman–Crippen MR) is 113 cm³/mol. The van der Waals surface area contributed by atoms with E-state index in [1.54, 1.807) is 7.05 Å². The molecule has 28 heavy (non-hydrogen) atoms. The van der Waals surface area contributed by atoms with E-state index < -0.39 is 0 Å². The lowest BCUT2D eigenvalue weighted by atomic mass is 10.1. The standard InChI is InChI=1S/C21H36N4O3/c1-22-21(23-10-6-12-26-16-18-9-13-27-17-18)24-15-19-7-4-5-8-20(19)28-14-11-25(2)3/h4-5,7-8,18H,6,9-17H2,1-3H3,(H2,22,23,24). The minimum atomic E-state index is 0.572. The number of nitrogens with one attached hydrogen (secondary N) is 2. The topological polar surface area (TPSA) is 67.4 Å². The average molecular weight is 393 g/mol. The van der Waals surface area contributed by atoms with Gasteiger partial charge in [0.25, 0.3) is 0 Å². The van der Waals surface area contributed by atoms with E-state index in [9.17, 15) is 0 Å². The van der Waals surface area contributed by atoms with Crippen LogP contribution in [0, 0.1) is 5.92 Å². The van der Waals surface area contributed by atoms with Gasteiger partial charge in [-0.05, 0) is 33.0 Å². The largest absolute Gasteiger partial charge is 0.492 e. The fourth-order valence-corrected chi connectivity index (χ4v) is 2.87. The van der Waals surface area contributed by atoms with Crippen molar-refractivity contribution in [3.63, 3.8) is 0 Å². The zero-order chi connectivity index (χ0) is 20.0. The summed E-state index contributed by atoms with van der Waals surface area (Å²) in [5.74, 6) is 2.27. The lowest BCUT2D eigenvalue weighted by Crippen LogP contribution is -2.37. The number of para-hydroxylation sites is 1. The summed E-state index contributed by atoms with van der Waals surface area (Å²) in [5, 5.41) is 6.68. The van der Waals surface area contributed by atoms with Gasteiger partial charge in [0.15, 0.2) is 5.96 Å². The molecule has 0 saturated carbocycles. The quantitative estimate of drug-likeness (QED) is 0.321. The van der Waals surface area contributed by atoms with E-state index in [-0.39, 0.29) is 0 Å². The van der Waals surface area contributed by atoms with E-state index in [4.69, 9.17) is 14.2 Å². The summed E-state index contributed by atoms with van der Waals surface area (Å²) >= 11 is 0. The van der Waals surface area contributed by atoms with Crippen LogP contribution >= 0.6 is 0 Å². The third-order valence-electron chi connectivity index (χ3n) is 4.57. The van der Waals surface area contributed by atoms with Gasteiger partial charge in [-0.1, -0.05) is 18.2 Å². The van der Waals surface area contributed by atoms with Crippen LogP contribution in [-0.4, -0.2) is 78.1 Å². The van der Waals surface area contributed by atoms with Crippen LogP contribution in [0.5, 0.6) is 5.75 Å². The summed E-state index contributed by atoms with van der Waals surface area (Å²) in [7, 11) is 5.87. The first-order chi connectivity index (χ1) is 13.7. The molecule has 0 spiro atoms. The van der Waals surface area contributed by atoms with Gasteiger partial charge in [-0.3, -0.25) is 4.99 Å². The molecule has 1 aromatic rings. The van der Waals surface area contributed by atoms with Crippen molar-refractivity contribution < 1.29 is 14.2 Å². The number of hydrogen-bond acceptors (Lipinski definition) is 5. The molecule has 1 heterocycles. The summed E-state index contributed by atoms with van der Waals surface area (Å²) in [6, 6.07) is 8.11. The Morgan fingerprint density at radius 3 is 2.86 bits per heavy atom. The van der Waals surface area contributed by atoms with Crippen LogP contribution in [0.2, 0.25) is 0 Å². The monoisotopic (exact) mass is 392 g/mol. The van der Waals surface area contributed by atoms with Gasteiger partial charge in [-0.25, -0.2) is 0 Å². The Morgan fingerprint density at radius 2 is 2.11 bits per heavy atom. The molecule has 1 fully saturated rings. The van der Waals surface area contributed by atoms with Crippen LogP contribution in [0.1, 0.15) is 18.4 Å². The van der Waals surface area contributed by atoms with Crippen LogP contribution < -0.4 is 15.4 Å².